The predicted molar refractivity (Wildman–Crippen MR) is 83.6 cm³/mol. The van der Waals surface area contributed by atoms with E-state index in [1.165, 1.54) is 11.8 Å². The van der Waals surface area contributed by atoms with Crippen LogP contribution in [0.15, 0.2) is 23.4 Å². The van der Waals surface area contributed by atoms with Crippen LogP contribution in [0.25, 0.3) is 0 Å². The number of hydrogen-bond acceptors (Lipinski definition) is 4. The van der Waals surface area contributed by atoms with Crippen molar-refractivity contribution in [2.45, 2.75) is 38.1 Å². The average molecular weight is 310 g/mol. The molecule has 1 rings (SSSR count). The zero-order chi connectivity index (χ0) is 15.9. The monoisotopic (exact) mass is 310 g/mol. The molecule has 116 valence electrons. The minimum atomic E-state index is -0.785. The predicted octanol–water partition coefficient (Wildman–Crippen LogP) is 2.81. The Kier molecular flexibility index (Phi) is 6.68. The van der Waals surface area contributed by atoms with Crippen LogP contribution in [0.5, 0.6) is 0 Å². The summed E-state index contributed by atoms with van der Waals surface area (Å²) >= 11 is 1.44. The summed E-state index contributed by atoms with van der Waals surface area (Å²) in [6.45, 7) is 4.55. The number of pyridine rings is 1. The Balaban J connectivity index is 2.48. The first-order valence-electron chi connectivity index (χ1n) is 6.85. The number of aromatic nitrogens is 1. The molecular weight excluding hydrogens is 288 g/mol. The zero-order valence-corrected chi connectivity index (χ0v) is 13.5. The number of carboxylic acid groups (broad SMARTS) is 1. The summed E-state index contributed by atoms with van der Waals surface area (Å²) in [6, 6.07) is 3.50. The molecule has 0 aliphatic heterocycles. The van der Waals surface area contributed by atoms with E-state index in [2.05, 4.69) is 10.3 Å². The van der Waals surface area contributed by atoms with Crippen molar-refractivity contribution in [2.75, 3.05) is 12.8 Å². The zero-order valence-electron chi connectivity index (χ0n) is 12.7. The molecule has 0 saturated carbocycles. The lowest BCUT2D eigenvalue weighted by Gasteiger charge is -2.23. The third-order valence-electron chi connectivity index (χ3n) is 3.31. The molecule has 0 fully saturated rings. The molecule has 5 nitrogen and oxygen atoms in total. The Morgan fingerprint density at radius 2 is 2.10 bits per heavy atom. The number of aliphatic carboxylic acids is 1. The lowest BCUT2D eigenvalue weighted by Crippen LogP contribution is -2.29. The first-order chi connectivity index (χ1) is 9.85. The number of rotatable bonds is 8. The number of nitrogens with zero attached hydrogens (tertiary/aromatic N) is 1. The van der Waals surface area contributed by atoms with Gasteiger partial charge in [0.15, 0.2) is 0 Å². The quantitative estimate of drug-likeness (QED) is 0.722. The van der Waals surface area contributed by atoms with E-state index >= 15 is 0 Å². The molecule has 1 aromatic rings. The van der Waals surface area contributed by atoms with Gasteiger partial charge in [0.1, 0.15) is 5.03 Å². The summed E-state index contributed by atoms with van der Waals surface area (Å²) in [5.41, 5.74) is 0.469. The van der Waals surface area contributed by atoms with Crippen molar-refractivity contribution in [2.24, 2.45) is 5.41 Å². The van der Waals surface area contributed by atoms with Gasteiger partial charge in [-0.15, -0.1) is 11.8 Å². The summed E-state index contributed by atoms with van der Waals surface area (Å²) in [5, 5.41) is 12.3. The molecule has 21 heavy (non-hydrogen) atoms. The highest BCUT2D eigenvalue weighted by molar-refractivity contribution is 7.98. The van der Waals surface area contributed by atoms with Crippen molar-refractivity contribution in [1.82, 2.24) is 10.3 Å². The van der Waals surface area contributed by atoms with Gasteiger partial charge in [0.25, 0.3) is 5.91 Å². The topological polar surface area (TPSA) is 79.3 Å². The molecule has 0 unspecified atom stereocenters. The first kappa shape index (κ1) is 17.5. The van der Waals surface area contributed by atoms with Gasteiger partial charge in [-0.1, -0.05) is 13.8 Å². The van der Waals surface area contributed by atoms with Gasteiger partial charge in [-0.25, -0.2) is 4.98 Å². The minimum absolute atomic E-state index is 0.108. The highest BCUT2D eigenvalue weighted by Crippen LogP contribution is 2.26. The smallest absolute Gasteiger partial charge is 0.303 e. The maximum absolute atomic E-state index is 12.1. The molecular formula is C15H22N2O3S. The summed E-state index contributed by atoms with van der Waals surface area (Å²) in [4.78, 5) is 26.9. The number of carbonyl (C=O) groups is 2. The maximum Gasteiger partial charge on any atom is 0.303 e. The van der Waals surface area contributed by atoms with Gasteiger partial charge in [0.2, 0.25) is 0 Å². The lowest BCUT2D eigenvalue weighted by molar-refractivity contribution is -0.137. The molecule has 0 aliphatic rings. The van der Waals surface area contributed by atoms with Gasteiger partial charge in [0, 0.05) is 19.2 Å². The van der Waals surface area contributed by atoms with Gasteiger partial charge in [0.05, 0.1) is 5.56 Å². The molecule has 0 saturated heterocycles. The number of amides is 1. The van der Waals surface area contributed by atoms with Crippen molar-refractivity contribution in [3.63, 3.8) is 0 Å². The molecule has 0 aliphatic carbocycles. The van der Waals surface area contributed by atoms with Crippen LogP contribution in [-0.2, 0) is 4.79 Å². The lowest BCUT2D eigenvalue weighted by atomic mass is 9.84. The molecule has 1 aromatic heterocycles. The number of hydrogen-bond donors (Lipinski definition) is 2. The van der Waals surface area contributed by atoms with Crippen molar-refractivity contribution >= 4 is 23.6 Å². The highest BCUT2D eigenvalue weighted by atomic mass is 32.2. The van der Waals surface area contributed by atoms with E-state index in [0.717, 1.165) is 6.42 Å². The van der Waals surface area contributed by atoms with Crippen LogP contribution < -0.4 is 5.32 Å². The fourth-order valence-corrected chi connectivity index (χ4v) is 2.45. The van der Waals surface area contributed by atoms with E-state index in [-0.39, 0.29) is 17.7 Å². The molecule has 1 amide bonds. The standard InChI is InChI=1S/C15H22N2O3S/c1-15(2,7-6-12(18)19)8-10-16-13(20)11-5-4-9-17-14(11)21-3/h4-5,9H,6-8,10H2,1-3H3,(H,16,20)(H,18,19). The van der Waals surface area contributed by atoms with Gasteiger partial charge < -0.3 is 10.4 Å². The van der Waals surface area contributed by atoms with Crippen LogP contribution in [0, 0.1) is 5.41 Å². The van der Waals surface area contributed by atoms with E-state index < -0.39 is 5.97 Å². The second-order valence-corrected chi connectivity index (χ2v) is 6.42. The summed E-state index contributed by atoms with van der Waals surface area (Å²) in [6.07, 6.45) is 5.04. The fraction of sp³-hybridized carbons (Fsp3) is 0.533. The highest BCUT2D eigenvalue weighted by Gasteiger charge is 2.19. The van der Waals surface area contributed by atoms with Crippen molar-refractivity contribution in [1.29, 1.82) is 0 Å². The van der Waals surface area contributed by atoms with Gasteiger partial charge in [-0.3, -0.25) is 9.59 Å². The van der Waals surface area contributed by atoms with Crippen LogP contribution >= 0.6 is 11.8 Å². The second kappa shape index (κ2) is 8.02. The second-order valence-electron chi connectivity index (χ2n) is 5.62. The van der Waals surface area contributed by atoms with Gasteiger partial charge in [-0.2, -0.15) is 0 Å². The molecule has 0 radical (unpaired) electrons. The summed E-state index contributed by atoms with van der Waals surface area (Å²) in [5.74, 6) is -0.923. The Bertz CT molecular complexity index is 503. The third kappa shape index (κ3) is 6.16. The largest absolute Gasteiger partial charge is 0.481 e. The maximum atomic E-state index is 12.1. The molecule has 0 spiro atoms. The number of carbonyl (C=O) groups excluding carboxylic acids is 1. The molecule has 0 atom stereocenters. The van der Waals surface area contributed by atoms with Crippen molar-refractivity contribution < 1.29 is 14.7 Å². The molecule has 0 bridgehead atoms. The number of thioether (sulfide) groups is 1. The van der Waals surface area contributed by atoms with E-state index in [0.29, 0.717) is 23.6 Å². The van der Waals surface area contributed by atoms with Crippen LogP contribution in [-0.4, -0.2) is 34.8 Å². The Morgan fingerprint density at radius 3 is 2.71 bits per heavy atom. The molecule has 0 aromatic carbocycles. The van der Waals surface area contributed by atoms with Crippen LogP contribution in [0.3, 0.4) is 0 Å². The van der Waals surface area contributed by atoms with E-state index in [1.54, 1.807) is 18.3 Å². The normalized spacial score (nSPS) is 11.2. The van der Waals surface area contributed by atoms with Gasteiger partial charge >= 0.3 is 5.97 Å². The van der Waals surface area contributed by atoms with Crippen LogP contribution in [0.2, 0.25) is 0 Å². The van der Waals surface area contributed by atoms with Gasteiger partial charge in [-0.05, 0) is 36.6 Å². The average Bonchev–Trinajstić information content (AvgIpc) is 2.45. The Hall–Kier alpha value is -1.56. The number of nitrogens with one attached hydrogen (secondary N) is 1. The van der Waals surface area contributed by atoms with Crippen molar-refractivity contribution in [3.8, 4) is 0 Å². The minimum Gasteiger partial charge on any atom is -0.481 e. The first-order valence-corrected chi connectivity index (χ1v) is 8.07. The SMILES string of the molecule is CSc1ncccc1C(=O)NCCC(C)(C)CCC(=O)O. The van der Waals surface area contributed by atoms with Crippen LogP contribution in [0.4, 0.5) is 0 Å². The Labute approximate surface area is 129 Å². The summed E-state index contributed by atoms with van der Waals surface area (Å²) < 4.78 is 0. The number of carboxylic acids is 1. The van der Waals surface area contributed by atoms with E-state index in [1.807, 2.05) is 20.1 Å². The molecule has 1 heterocycles. The fourth-order valence-electron chi connectivity index (χ4n) is 1.91. The third-order valence-corrected chi connectivity index (χ3v) is 4.02. The van der Waals surface area contributed by atoms with Crippen molar-refractivity contribution in [3.05, 3.63) is 23.9 Å². The van der Waals surface area contributed by atoms with Crippen LogP contribution in [0.1, 0.15) is 43.5 Å². The molecule has 6 heteroatoms. The van der Waals surface area contributed by atoms with E-state index in [9.17, 15) is 9.59 Å². The van der Waals surface area contributed by atoms with E-state index in [4.69, 9.17) is 5.11 Å². The molecule has 2 N–H and O–H groups in total. The Morgan fingerprint density at radius 1 is 1.38 bits per heavy atom. The summed E-state index contributed by atoms with van der Waals surface area (Å²) in [7, 11) is 0.